The van der Waals surface area contributed by atoms with Crippen molar-refractivity contribution in [3.05, 3.63) is 35.9 Å². The van der Waals surface area contributed by atoms with Gasteiger partial charge < -0.3 is 25.3 Å². The zero-order valence-electron chi connectivity index (χ0n) is 15.8. The lowest BCUT2D eigenvalue weighted by Gasteiger charge is -2.46. The molecular formula is C17H21BN4O6S. The Bertz CT molecular complexity index is 797. The number of nitrogens with zero attached hydrogens (tertiary/aromatic N) is 2. The van der Waals surface area contributed by atoms with Crippen LogP contribution in [-0.4, -0.2) is 78.3 Å². The molecule has 2 aliphatic rings. The van der Waals surface area contributed by atoms with E-state index in [2.05, 4.69) is 9.97 Å². The molecule has 29 heavy (non-hydrogen) atoms. The highest BCUT2D eigenvalue weighted by Crippen LogP contribution is 2.34. The van der Waals surface area contributed by atoms with Crippen LogP contribution >= 0.6 is 11.9 Å². The lowest BCUT2D eigenvalue weighted by Crippen LogP contribution is -2.70. The van der Waals surface area contributed by atoms with Crippen LogP contribution in [0.1, 0.15) is 5.56 Å². The monoisotopic (exact) mass is 420 g/mol. The molecule has 0 saturated carbocycles. The number of β-lactam (4-membered cyclic amide) rings is 1. The van der Waals surface area contributed by atoms with Crippen molar-refractivity contribution in [2.75, 3.05) is 19.6 Å². The molecule has 3 atom stereocenters. The van der Waals surface area contributed by atoms with Crippen molar-refractivity contribution in [1.82, 2.24) is 14.5 Å². The summed E-state index contributed by atoms with van der Waals surface area (Å²) in [6.45, 7) is 0.151. The molecule has 2 heterocycles. The molecule has 3 N–H and O–H groups in total. The fourth-order valence-corrected chi connectivity index (χ4v) is 4.23. The SMILES string of the molecule is BOC(=O)CN1C(=O)[C@@H](NC(=O)Cc2ccccc2)[C@H]1SN1CC(CN)OC1=O. The average Bonchev–Trinajstić information content (AvgIpc) is 3.09. The summed E-state index contributed by atoms with van der Waals surface area (Å²) >= 11 is 1.03. The molecule has 12 heteroatoms. The summed E-state index contributed by atoms with van der Waals surface area (Å²) in [7, 11) is 1.22. The Kier molecular flexibility index (Phi) is 6.65. The van der Waals surface area contributed by atoms with E-state index >= 15 is 0 Å². The predicted molar refractivity (Wildman–Crippen MR) is 106 cm³/mol. The van der Waals surface area contributed by atoms with E-state index in [4.69, 9.17) is 10.5 Å². The number of likely N-dealkylation sites (tertiary alicyclic amines) is 1. The average molecular weight is 420 g/mol. The van der Waals surface area contributed by atoms with E-state index in [0.717, 1.165) is 17.5 Å². The van der Waals surface area contributed by atoms with Crippen molar-refractivity contribution in [3.8, 4) is 0 Å². The number of nitrogens with two attached hydrogens (primary N) is 1. The van der Waals surface area contributed by atoms with Crippen LogP contribution < -0.4 is 11.1 Å². The van der Waals surface area contributed by atoms with Crippen molar-refractivity contribution >= 4 is 43.9 Å². The largest absolute Gasteiger partial charge is 0.542 e. The van der Waals surface area contributed by atoms with Crippen molar-refractivity contribution < 1.29 is 28.6 Å². The topological polar surface area (TPSA) is 131 Å². The number of amides is 3. The molecular weight excluding hydrogens is 399 g/mol. The molecule has 1 unspecified atom stereocenters. The fraction of sp³-hybridized carbons (Fsp3) is 0.412. The molecule has 3 rings (SSSR count). The van der Waals surface area contributed by atoms with Gasteiger partial charge in [-0.1, -0.05) is 30.3 Å². The maximum Gasteiger partial charge on any atom is 0.420 e. The summed E-state index contributed by atoms with van der Waals surface area (Å²) in [4.78, 5) is 49.8. The van der Waals surface area contributed by atoms with Gasteiger partial charge in [-0.15, -0.1) is 0 Å². The Labute approximate surface area is 172 Å². The van der Waals surface area contributed by atoms with Gasteiger partial charge in [0, 0.05) is 6.54 Å². The van der Waals surface area contributed by atoms with Gasteiger partial charge in [0.1, 0.15) is 24.1 Å². The summed E-state index contributed by atoms with van der Waals surface area (Å²) in [6, 6.07) is 8.24. The zero-order chi connectivity index (χ0) is 21.0. The highest BCUT2D eigenvalue weighted by Gasteiger charge is 2.51. The molecule has 10 nitrogen and oxygen atoms in total. The molecule has 1 aromatic rings. The molecule has 0 bridgehead atoms. The third-order valence-electron chi connectivity index (χ3n) is 4.53. The van der Waals surface area contributed by atoms with Gasteiger partial charge in [0.05, 0.1) is 13.0 Å². The predicted octanol–water partition coefficient (Wildman–Crippen LogP) is -1.60. The Morgan fingerprint density at radius 3 is 2.66 bits per heavy atom. The minimum absolute atomic E-state index is 0.111. The zero-order valence-corrected chi connectivity index (χ0v) is 16.6. The summed E-state index contributed by atoms with van der Waals surface area (Å²) in [5.74, 6) is -1.35. The molecule has 0 radical (unpaired) electrons. The van der Waals surface area contributed by atoms with Crippen molar-refractivity contribution in [3.63, 3.8) is 0 Å². The number of ether oxygens (including phenoxy) is 1. The number of carbonyl (C=O) groups is 4. The highest BCUT2D eigenvalue weighted by molar-refractivity contribution is 7.98. The van der Waals surface area contributed by atoms with Crippen molar-refractivity contribution in [2.24, 2.45) is 5.73 Å². The van der Waals surface area contributed by atoms with Gasteiger partial charge in [-0.25, -0.2) is 9.10 Å². The van der Waals surface area contributed by atoms with Crippen LogP contribution in [0.4, 0.5) is 4.79 Å². The summed E-state index contributed by atoms with van der Waals surface area (Å²) < 4.78 is 11.1. The van der Waals surface area contributed by atoms with Crippen LogP contribution in [0.2, 0.25) is 0 Å². The molecule has 0 aliphatic carbocycles. The second kappa shape index (κ2) is 9.18. The fourth-order valence-electron chi connectivity index (χ4n) is 2.99. The molecule has 154 valence electrons. The maximum absolute atomic E-state index is 12.5. The number of cyclic esters (lactones) is 1. The molecule has 0 aromatic heterocycles. The van der Waals surface area contributed by atoms with E-state index in [-0.39, 0.29) is 32.0 Å². The van der Waals surface area contributed by atoms with Gasteiger partial charge in [0.2, 0.25) is 11.8 Å². The molecule has 3 amide bonds. The number of nitrogens with one attached hydrogen (secondary N) is 1. The second-order valence-electron chi connectivity index (χ2n) is 6.55. The van der Waals surface area contributed by atoms with Crippen molar-refractivity contribution in [2.45, 2.75) is 23.9 Å². The second-order valence-corrected chi connectivity index (χ2v) is 7.68. The number of hydrogen-bond donors (Lipinski definition) is 2. The van der Waals surface area contributed by atoms with E-state index in [1.165, 1.54) is 17.3 Å². The van der Waals surface area contributed by atoms with Gasteiger partial charge in [0.15, 0.2) is 0 Å². The molecule has 2 saturated heterocycles. The van der Waals surface area contributed by atoms with Crippen LogP contribution in [0.3, 0.4) is 0 Å². The smallest absolute Gasteiger partial charge is 0.420 e. The van der Waals surface area contributed by atoms with E-state index < -0.39 is 35.5 Å². The van der Waals surface area contributed by atoms with E-state index in [0.29, 0.717) is 0 Å². The van der Waals surface area contributed by atoms with E-state index in [1.54, 1.807) is 0 Å². The van der Waals surface area contributed by atoms with E-state index in [1.807, 2.05) is 30.3 Å². The lowest BCUT2D eigenvalue weighted by molar-refractivity contribution is -0.154. The summed E-state index contributed by atoms with van der Waals surface area (Å²) in [6.07, 6.45) is -0.900. The standard InChI is InChI=1S/C17H21BN4O6S/c18-28-13(24)9-21-15(25)14(20-12(23)6-10-4-2-1-3-5-10)16(21)29-22-8-11(7-19)27-17(22)26/h1-5,11,14,16H,6-9,18-19H2,(H,20,23)/t11?,14-,16-/m1/s1. The normalized spacial score (nSPS) is 23.4. The molecule has 1 aromatic carbocycles. The lowest BCUT2D eigenvalue weighted by atomic mass is 10.1. The summed E-state index contributed by atoms with van der Waals surface area (Å²) in [5, 5.41) is 2.05. The van der Waals surface area contributed by atoms with Crippen LogP contribution in [0.25, 0.3) is 0 Å². The Hall–Kier alpha value is -2.73. The minimum Gasteiger partial charge on any atom is -0.542 e. The summed E-state index contributed by atoms with van der Waals surface area (Å²) in [5.41, 5.74) is 6.35. The third kappa shape index (κ3) is 4.82. The van der Waals surface area contributed by atoms with Crippen molar-refractivity contribution in [1.29, 1.82) is 0 Å². The molecule has 2 fully saturated rings. The van der Waals surface area contributed by atoms with Gasteiger partial charge in [-0.2, -0.15) is 0 Å². The number of carbonyl (C=O) groups excluding carboxylic acids is 4. The van der Waals surface area contributed by atoms with Gasteiger partial charge in [-0.05, 0) is 17.5 Å². The molecule has 0 spiro atoms. The first-order valence-electron chi connectivity index (χ1n) is 8.98. The maximum atomic E-state index is 12.5. The van der Waals surface area contributed by atoms with Crippen LogP contribution in [0.5, 0.6) is 0 Å². The first-order chi connectivity index (χ1) is 13.9. The number of benzene rings is 1. The highest BCUT2D eigenvalue weighted by atomic mass is 32.2. The minimum atomic E-state index is -0.870. The third-order valence-corrected chi connectivity index (χ3v) is 5.83. The van der Waals surface area contributed by atoms with Gasteiger partial charge in [-0.3, -0.25) is 14.4 Å². The van der Waals surface area contributed by atoms with Crippen LogP contribution in [0.15, 0.2) is 30.3 Å². The Balaban J connectivity index is 1.67. The van der Waals surface area contributed by atoms with Gasteiger partial charge in [0.25, 0.3) is 0 Å². The Morgan fingerprint density at radius 2 is 2.03 bits per heavy atom. The van der Waals surface area contributed by atoms with Crippen LogP contribution in [-0.2, 0) is 30.2 Å². The van der Waals surface area contributed by atoms with Gasteiger partial charge >= 0.3 is 20.1 Å². The quantitative estimate of drug-likeness (QED) is 0.292. The van der Waals surface area contributed by atoms with Crippen LogP contribution in [0, 0.1) is 0 Å². The first-order valence-corrected chi connectivity index (χ1v) is 9.82. The number of hydrogen-bond acceptors (Lipinski definition) is 8. The number of rotatable bonds is 8. The first kappa shape index (κ1) is 21.0. The van der Waals surface area contributed by atoms with E-state index in [9.17, 15) is 19.2 Å². The molecule has 2 aliphatic heterocycles. The Morgan fingerprint density at radius 1 is 1.31 bits per heavy atom.